The molecule has 0 spiro atoms. The lowest BCUT2D eigenvalue weighted by atomic mass is 10.2. The average molecular weight is 271 g/mol. The second-order valence-corrected chi connectivity index (χ2v) is 4.07. The van der Waals surface area contributed by atoms with Crippen LogP contribution in [0.3, 0.4) is 0 Å². The van der Waals surface area contributed by atoms with E-state index in [0.717, 1.165) is 16.8 Å². The molecule has 1 aromatic carbocycles. The topological polar surface area (TPSA) is 39.8 Å². The summed E-state index contributed by atoms with van der Waals surface area (Å²) in [6.45, 7) is 1.82. The van der Waals surface area contributed by atoms with E-state index in [4.69, 9.17) is 0 Å². The fourth-order valence-electron chi connectivity index (χ4n) is 1.77. The number of benzene rings is 1. The van der Waals surface area contributed by atoms with E-state index in [9.17, 15) is 18.0 Å². The Kier molecular flexibility index (Phi) is 3.21. The fourth-order valence-corrected chi connectivity index (χ4v) is 1.77. The van der Waals surface area contributed by atoms with Crippen molar-refractivity contribution in [2.24, 2.45) is 7.05 Å². The first-order valence-electron chi connectivity index (χ1n) is 5.67. The van der Waals surface area contributed by atoms with Crippen LogP contribution in [0.4, 0.5) is 13.2 Å². The average Bonchev–Trinajstić information content (AvgIpc) is 2.65. The quantitative estimate of drug-likeness (QED) is 0.839. The summed E-state index contributed by atoms with van der Waals surface area (Å²) in [6.07, 6.45) is -3.92. The normalized spacial score (nSPS) is 11.8. The molecule has 0 aliphatic rings. The molecule has 0 bridgehead atoms. The van der Waals surface area contributed by atoms with E-state index in [1.807, 2.05) is 6.92 Å². The second kappa shape index (κ2) is 4.56. The number of hydrogen-bond acceptors (Lipinski definition) is 2. The minimum absolute atomic E-state index is 0.107. The van der Waals surface area contributed by atoms with Gasteiger partial charge in [0.05, 0.1) is 11.3 Å². The lowest BCUT2D eigenvalue weighted by Crippen LogP contribution is -2.22. The van der Waals surface area contributed by atoms with Gasteiger partial charge in [-0.05, 0) is 18.2 Å². The van der Waals surface area contributed by atoms with E-state index in [1.54, 1.807) is 0 Å². The Morgan fingerprint density at radius 2 is 2.00 bits per heavy atom. The highest BCUT2D eigenvalue weighted by atomic mass is 19.4. The standard InChI is InChI=1S/C12H12F3N3O/c1-3-10-16-18(11(19)17(10)2)9-6-4-5-8(7-9)12(13,14)15/h4-7H,3H2,1-2H3. The molecule has 0 saturated carbocycles. The summed E-state index contributed by atoms with van der Waals surface area (Å²) in [5.41, 5.74) is -1.16. The predicted octanol–water partition coefficient (Wildman–Crippen LogP) is 2.15. The molecular weight excluding hydrogens is 259 g/mol. The van der Waals surface area contributed by atoms with Gasteiger partial charge in [0.2, 0.25) is 0 Å². The summed E-state index contributed by atoms with van der Waals surface area (Å²) in [6, 6.07) is 4.54. The number of nitrogens with zero attached hydrogens (tertiary/aromatic N) is 3. The summed E-state index contributed by atoms with van der Waals surface area (Å²) in [7, 11) is 1.54. The lowest BCUT2D eigenvalue weighted by molar-refractivity contribution is -0.137. The van der Waals surface area contributed by atoms with Crippen molar-refractivity contribution in [3.63, 3.8) is 0 Å². The third kappa shape index (κ3) is 2.40. The molecule has 1 aromatic heterocycles. The number of halogens is 3. The molecule has 0 aliphatic heterocycles. The van der Waals surface area contributed by atoms with Crippen molar-refractivity contribution in [2.75, 3.05) is 0 Å². The smallest absolute Gasteiger partial charge is 0.282 e. The summed E-state index contributed by atoms with van der Waals surface area (Å²) < 4.78 is 40.2. The van der Waals surface area contributed by atoms with Gasteiger partial charge < -0.3 is 0 Å². The van der Waals surface area contributed by atoms with Gasteiger partial charge in [0.1, 0.15) is 5.82 Å². The van der Waals surface area contributed by atoms with Crippen LogP contribution in [0.15, 0.2) is 29.1 Å². The van der Waals surface area contributed by atoms with E-state index in [2.05, 4.69) is 5.10 Å². The molecule has 2 rings (SSSR count). The van der Waals surface area contributed by atoms with Crippen LogP contribution in [0.2, 0.25) is 0 Å². The first-order chi connectivity index (χ1) is 8.84. The van der Waals surface area contributed by atoms with Crippen LogP contribution in [-0.4, -0.2) is 14.3 Å². The first-order valence-corrected chi connectivity index (χ1v) is 5.67. The van der Waals surface area contributed by atoms with Gasteiger partial charge in [-0.2, -0.15) is 17.9 Å². The van der Waals surface area contributed by atoms with Crippen molar-refractivity contribution in [3.8, 4) is 5.69 Å². The van der Waals surface area contributed by atoms with E-state index in [-0.39, 0.29) is 5.69 Å². The zero-order valence-electron chi connectivity index (χ0n) is 10.4. The number of rotatable bonds is 2. The molecule has 0 atom stereocenters. The van der Waals surface area contributed by atoms with Crippen LogP contribution in [0.1, 0.15) is 18.3 Å². The molecule has 0 unspecified atom stereocenters. The van der Waals surface area contributed by atoms with Crippen LogP contribution in [0, 0.1) is 0 Å². The highest BCUT2D eigenvalue weighted by Crippen LogP contribution is 2.29. The molecule has 0 saturated heterocycles. The van der Waals surface area contributed by atoms with Gasteiger partial charge in [-0.15, -0.1) is 5.10 Å². The van der Waals surface area contributed by atoms with Gasteiger partial charge in [0.15, 0.2) is 0 Å². The molecular formula is C12H12F3N3O. The molecule has 0 fully saturated rings. The molecule has 0 radical (unpaired) electrons. The van der Waals surface area contributed by atoms with Crippen molar-refractivity contribution >= 4 is 0 Å². The zero-order chi connectivity index (χ0) is 14.2. The molecule has 0 amide bonds. The molecule has 102 valence electrons. The van der Waals surface area contributed by atoms with Gasteiger partial charge in [-0.1, -0.05) is 13.0 Å². The van der Waals surface area contributed by atoms with Crippen molar-refractivity contribution in [3.05, 3.63) is 46.1 Å². The van der Waals surface area contributed by atoms with Gasteiger partial charge in [0, 0.05) is 13.5 Å². The Morgan fingerprint density at radius 3 is 2.53 bits per heavy atom. The molecule has 19 heavy (non-hydrogen) atoms. The van der Waals surface area contributed by atoms with Gasteiger partial charge in [-0.25, -0.2) is 4.79 Å². The van der Waals surface area contributed by atoms with E-state index >= 15 is 0 Å². The van der Waals surface area contributed by atoms with Crippen molar-refractivity contribution < 1.29 is 13.2 Å². The second-order valence-electron chi connectivity index (χ2n) is 4.07. The van der Waals surface area contributed by atoms with Crippen molar-refractivity contribution in [1.29, 1.82) is 0 Å². The fraction of sp³-hybridized carbons (Fsp3) is 0.333. The molecule has 1 heterocycles. The van der Waals surface area contributed by atoms with Crippen LogP contribution < -0.4 is 5.69 Å². The third-order valence-electron chi connectivity index (χ3n) is 2.81. The number of alkyl halides is 3. The van der Waals surface area contributed by atoms with Crippen LogP contribution in [-0.2, 0) is 19.6 Å². The van der Waals surface area contributed by atoms with E-state index in [0.29, 0.717) is 12.2 Å². The van der Waals surface area contributed by atoms with Gasteiger partial charge in [0.25, 0.3) is 0 Å². The highest BCUT2D eigenvalue weighted by Gasteiger charge is 2.30. The predicted molar refractivity (Wildman–Crippen MR) is 63.2 cm³/mol. The van der Waals surface area contributed by atoms with E-state index in [1.165, 1.54) is 23.7 Å². The number of hydrogen-bond donors (Lipinski definition) is 0. The number of aryl methyl sites for hydroxylation is 1. The Bertz CT molecular complexity index is 655. The Hall–Kier alpha value is -2.05. The molecule has 4 nitrogen and oxygen atoms in total. The molecule has 0 N–H and O–H groups in total. The maximum Gasteiger partial charge on any atom is 0.416 e. The van der Waals surface area contributed by atoms with E-state index < -0.39 is 17.4 Å². The van der Waals surface area contributed by atoms with Crippen molar-refractivity contribution in [2.45, 2.75) is 19.5 Å². The molecule has 7 heteroatoms. The highest BCUT2D eigenvalue weighted by molar-refractivity contribution is 5.36. The first kappa shape index (κ1) is 13.4. The maximum absolute atomic E-state index is 12.6. The third-order valence-corrected chi connectivity index (χ3v) is 2.81. The maximum atomic E-state index is 12.6. The SMILES string of the molecule is CCc1nn(-c2cccc(C(F)(F)F)c2)c(=O)n1C. The van der Waals surface area contributed by atoms with Crippen LogP contribution in [0.5, 0.6) is 0 Å². The summed E-state index contributed by atoms with van der Waals surface area (Å²) in [4.78, 5) is 11.9. The van der Waals surface area contributed by atoms with Gasteiger partial charge >= 0.3 is 11.9 Å². The Balaban J connectivity index is 2.57. The summed E-state index contributed by atoms with van der Waals surface area (Å²) in [5, 5.41) is 4.02. The minimum atomic E-state index is -4.44. The van der Waals surface area contributed by atoms with Crippen molar-refractivity contribution in [1.82, 2.24) is 14.3 Å². The minimum Gasteiger partial charge on any atom is -0.282 e. The Labute approximate surface area is 107 Å². The monoisotopic (exact) mass is 271 g/mol. The lowest BCUT2D eigenvalue weighted by Gasteiger charge is -2.07. The number of aromatic nitrogens is 3. The van der Waals surface area contributed by atoms with Crippen LogP contribution >= 0.6 is 0 Å². The Morgan fingerprint density at radius 1 is 1.32 bits per heavy atom. The summed E-state index contributed by atoms with van der Waals surface area (Å²) >= 11 is 0. The van der Waals surface area contributed by atoms with Crippen LogP contribution in [0.25, 0.3) is 5.69 Å². The van der Waals surface area contributed by atoms with Gasteiger partial charge in [-0.3, -0.25) is 4.57 Å². The molecule has 2 aromatic rings. The largest absolute Gasteiger partial charge is 0.416 e. The zero-order valence-corrected chi connectivity index (χ0v) is 10.4. The molecule has 0 aliphatic carbocycles. The summed E-state index contributed by atoms with van der Waals surface area (Å²) in [5.74, 6) is 0.516.